The van der Waals surface area contributed by atoms with Crippen LogP contribution in [0.15, 0.2) is 4.52 Å². The summed E-state index contributed by atoms with van der Waals surface area (Å²) >= 11 is 0. The van der Waals surface area contributed by atoms with Crippen LogP contribution in [-0.2, 0) is 14.3 Å². The summed E-state index contributed by atoms with van der Waals surface area (Å²) in [6.45, 7) is 5.98. The molecule has 3 aliphatic heterocycles. The van der Waals surface area contributed by atoms with E-state index in [4.69, 9.17) is 14.0 Å². The molecule has 3 aliphatic rings. The first-order valence-corrected chi connectivity index (χ1v) is 10.0. The number of aryl methyl sites for hydroxylation is 2. The first kappa shape index (κ1) is 19.2. The maximum Gasteiger partial charge on any atom is 0.319 e. The molecule has 0 unspecified atom stereocenters. The van der Waals surface area contributed by atoms with E-state index in [-0.39, 0.29) is 36.1 Å². The molecule has 4 heterocycles. The highest BCUT2D eigenvalue weighted by Gasteiger charge is 2.47. The second kappa shape index (κ2) is 8.08. The predicted octanol–water partition coefficient (Wildman–Crippen LogP) is 1.60. The standard InChI is InChI=1S/C19H28N4O5/c1-11-17(12(2)28-22-11)21-19(25)20-9-14-3-4-15-16(27-14)10-23(15)18(24)13-5-7-26-8-6-13/h13-16H,3-10H2,1-2H3,(H2,20,21,25)/t14-,15-,16-/m1/s1. The van der Waals surface area contributed by atoms with Gasteiger partial charge in [-0.15, -0.1) is 0 Å². The van der Waals surface area contributed by atoms with Crippen LogP contribution in [0, 0.1) is 19.8 Å². The molecule has 3 atom stereocenters. The summed E-state index contributed by atoms with van der Waals surface area (Å²) in [5.41, 5.74) is 1.25. The zero-order valence-electron chi connectivity index (χ0n) is 16.4. The van der Waals surface area contributed by atoms with Gasteiger partial charge in [0.25, 0.3) is 0 Å². The molecule has 0 bridgehead atoms. The van der Waals surface area contributed by atoms with Crippen molar-refractivity contribution in [1.29, 1.82) is 0 Å². The smallest absolute Gasteiger partial charge is 0.319 e. The fraction of sp³-hybridized carbons (Fsp3) is 0.737. The number of ether oxygens (including phenoxy) is 2. The summed E-state index contributed by atoms with van der Waals surface area (Å²) in [7, 11) is 0. The number of carbonyl (C=O) groups excluding carboxylic acids is 2. The van der Waals surface area contributed by atoms with E-state index in [1.165, 1.54) is 0 Å². The molecule has 0 aliphatic carbocycles. The normalized spacial score (nSPS) is 27.6. The molecule has 2 N–H and O–H groups in total. The number of hydrogen-bond acceptors (Lipinski definition) is 6. The van der Waals surface area contributed by atoms with Gasteiger partial charge in [0.05, 0.1) is 18.2 Å². The molecule has 3 fully saturated rings. The topological polar surface area (TPSA) is 106 Å². The summed E-state index contributed by atoms with van der Waals surface area (Å²) in [6, 6.07) is -0.118. The number of hydrogen-bond donors (Lipinski definition) is 2. The van der Waals surface area contributed by atoms with Crippen LogP contribution in [0.25, 0.3) is 0 Å². The minimum absolute atomic E-state index is 0.0306. The number of carbonyl (C=O) groups is 2. The largest absolute Gasteiger partial charge is 0.381 e. The van der Waals surface area contributed by atoms with E-state index in [9.17, 15) is 9.59 Å². The molecule has 3 amide bonds. The number of rotatable bonds is 4. The minimum Gasteiger partial charge on any atom is -0.381 e. The summed E-state index contributed by atoms with van der Waals surface area (Å²) < 4.78 is 16.5. The molecule has 0 radical (unpaired) electrons. The fourth-order valence-electron chi connectivity index (χ4n) is 4.27. The van der Waals surface area contributed by atoms with Crippen molar-refractivity contribution in [2.75, 3.05) is 31.6 Å². The first-order valence-electron chi connectivity index (χ1n) is 10.0. The van der Waals surface area contributed by atoms with E-state index >= 15 is 0 Å². The second-order valence-corrected chi connectivity index (χ2v) is 7.85. The molecule has 1 aromatic heterocycles. The number of aromatic nitrogens is 1. The Balaban J connectivity index is 1.20. The summed E-state index contributed by atoms with van der Waals surface area (Å²) in [5.74, 6) is 0.929. The third kappa shape index (κ3) is 3.86. The van der Waals surface area contributed by atoms with Crippen LogP contribution in [0.4, 0.5) is 10.5 Å². The van der Waals surface area contributed by atoms with Gasteiger partial charge in [-0.2, -0.15) is 0 Å². The highest BCUT2D eigenvalue weighted by molar-refractivity contribution is 5.90. The van der Waals surface area contributed by atoms with Gasteiger partial charge in [0, 0.05) is 32.2 Å². The van der Waals surface area contributed by atoms with Crippen LogP contribution in [0.2, 0.25) is 0 Å². The summed E-state index contributed by atoms with van der Waals surface area (Å²) in [6.07, 6.45) is 3.43. The molecular weight excluding hydrogens is 364 g/mol. The van der Waals surface area contributed by atoms with Crippen molar-refractivity contribution in [3.63, 3.8) is 0 Å². The molecule has 3 saturated heterocycles. The van der Waals surface area contributed by atoms with Gasteiger partial charge in [-0.25, -0.2) is 4.79 Å². The Labute approximate surface area is 164 Å². The van der Waals surface area contributed by atoms with Crippen LogP contribution in [0.1, 0.15) is 37.1 Å². The van der Waals surface area contributed by atoms with E-state index in [2.05, 4.69) is 15.8 Å². The highest BCUT2D eigenvalue weighted by Crippen LogP contribution is 2.34. The van der Waals surface area contributed by atoms with Crippen LogP contribution in [-0.4, -0.2) is 66.5 Å². The Morgan fingerprint density at radius 2 is 1.96 bits per heavy atom. The summed E-state index contributed by atoms with van der Waals surface area (Å²) in [4.78, 5) is 26.8. The monoisotopic (exact) mass is 392 g/mol. The zero-order valence-corrected chi connectivity index (χ0v) is 16.4. The molecule has 0 spiro atoms. The molecule has 9 nitrogen and oxygen atoms in total. The molecule has 0 aromatic carbocycles. The molecule has 28 heavy (non-hydrogen) atoms. The van der Waals surface area contributed by atoms with E-state index in [0.29, 0.717) is 43.4 Å². The number of nitrogens with zero attached hydrogens (tertiary/aromatic N) is 2. The molecule has 0 saturated carbocycles. The summed E-state index contributed by atoms with van der Waals surface area (Å²) in [5, 5.41) is 9.44. The van der Waals surface area contributed by atoms with E-state index < -0.39 is 0 Å². The van der Waals surface area contributed by atoms with Gasteiger partial charge in [0.2, 0.25) is 5.91 Å². The molecule has 4 rings (SSSR count). The van der Waals surface area contributed by atoms with Crippen LogP contribution >= 0.6 is 0 Å². The van der Waals surface area contributed by atoms with E-state index in [1.807, 2.05) is 4.90 Å². The van der Waals surface area contributed by atoms with Gasteiger partial charge in [0.1, 0.15) is 11.4 Å². The number of nitrogens with one attached hydrogen (secondary N) is 2. The Hall–Kier alpha value is -2.13. The third-order valence-electron chi connectivity index (χ3n) is 5.97. The van der Waals surface area contributed by atoms with Crippen molar-refractivity contribution in [2.45, 2.75) is 57.8 Å². The molecule has 1 aromatic rings. The Bertz CT molecular complexity index is 710. The number of likely N-dealkylation sites (tertiary alicyclic amines) is 1. The Morgan fingerprint density at radius 3 is 2.64 bits per heavy atom. The predicted molar refractivity (Wildman–Crippen MR) is 99.9 cm³/mol. The van der Waals surface area contributed by atoms with Crippen LogP contribution < -0.4 is 10.6 Å². The van der Waals surface area contributed by atoms with Crippen molar-refractivity contribution >= 4 is 17.6 Å². The lowest BCUT2D eigenvalue weighted by Gasteiger charge is -2.53. The van der Waals surface area contributed by atoms with Crippen LogP contribution in [0.3, 0.4) is 0 Å². The van der Waals surface area contributed by atoms with Gasteiger partial charge in [-0.05, 0) is 39.5 Å². The first-order chi connectivity index (χ1) is 13.5. The third-order valence-corrected chi connectivity index (χ3v) is 5.97. The minimum atomic E-state index is -0.301. The van der Waals surface area contributed by atoms with Crippen molar-refractivity contribution < 1.29 is 23.6 Å². The van der Waals surface area contributed by atoms with Crippen molar-refractivity contribution in [2.24, 2.45) is 5.92 Å². The van der Waals surface area contributed by atoms with Gasteiger partial charge >= 0.3 is 6.03 Å². The van der Waals surface area contributed by atoms with Crippen LogP contribution in [0.5, 0.6) is 0 Å². The SMILES string of the molecule is Cc1noc(C)c1NC(=O)NC[C@H]1CC[C@@H]2[C@@H](CN2C(=O)C2CCOCC2)O1. The average Bonchev–Trinajstić information content (AvgIpc) is 3.00. The van der Waals surface area contributed by atoms with Gasteiger partial charge in [-0.1, -0.05) is 5.16 Å². The van der Waals surface area contributed by atoms with Gasteiger partial charge in [0.15, 0.2) is 5.76 Å². The maximum absolute atomic E-state index is 12.7. The Morgan fingerprint density at radius 1 is 1.18 bits per heavy atom. The van der Waals surface area contributed by atoms with Crippen molar-refractivity contribution in [3.05, 3.63) is 11.5 Å². The van der Waals surface area contributed by atoms with E-state index in [1.54, 1.807) is 13.8 Å². The van der Waals surface area contributed by atoms with Gasteiger partial charge in [-0.3, -0.25) is 4.79 Å². The fourth-order valence-corrected chi connectivity index (χ4v) is 4.27. The molecule has 154 valence electrons. The average molecular weight is 392 g/mol. The number of urea groups is 1. The lowest BCUT2D eigenvalue weighted by molar-refractivity contribution is -0.186. The number of anilines is 1. The van der Waals surface area contributed by atoms with Crippen molar-refractivity contribution in [3.8, 4) is 0 Å². The lowest BCUT2D eigenvalue weighted by atomic mass is 9.87. The quantitative estimate of drug-likeness (QED) is 0.806. The lowest BCUT2D eigenvalue weighted by Crippen LogP contribution is -2.67. The number of amides is 3. The number of fused-ring (bicyclic) bond motifs is 1. The molecule has 9 heteroatoms. The van der Waals surface area contributed by atoms with Crippen molar-refractivity contribution in [1.82, 2.24) is 15.4 Å². The van der Waals surface area contributed by atoms with E-state index in [0.717, 1.165) is 25.7 Å². The van der Waals surface area contributed by atoms with Gasteiger partial charge < -0.3 is 29.5 Å². The second-order valence-electron chi connectivity index (χ2n) is 7.85. The molecular formula is C19H28N4O5. The maximum atomic E-state index is 12.7. The Kier molecular flexibility index (Phi) is 5.54. The highest BCUT2D eigenvalue weighted by atomic mass is 16.5. The zero-order chi connectivity index (χ0) is 19.7.